The summed E-state index contributed by atoms with van der Waals surface area (Å²) in [4.78, 5) is 3.52. The van der Waals surface area contributed by atoms with E-state index in [1.807, 2.05) is 0 Å². The van der Waals surface area contributed by atoms with E-state index in [9.17, 15) is 17.6 Å². The molecule has 92 valence electrons. The lowest BCUT2D eigenvalue weighted by molar-refractivity contribution is -0.141. The van der Waals surface area contributed by atoms with Gasteiger partial charge in [-0.3, -0.25) is 0 Å². The fourth-order valence-corrected chi connectivity index (χ4v) is 1.80. The summed E-state index contributed by atoms with van der Waals surface area (Å²) < 4.78 is 52.5. The highest BCUT2D eigenvalue weighted by Crippen LogP contribution is 2.35. The number of alkyl halides is 3. The van der Waals surface area contributed by atoms with Crippen LogP contribution in [0.3, 0.4) is 0 Å². The molecule has 0 aliphatic rings. The predicted molar refractivity (Wildman–Crippen MR) is 54.2 cm³/mol. The van der Waals surface area contributed by atoms with Crippen LogP contribution in [0.2, 0.25) is 0 Å². The van der Waals surface area contributed by atoms with Crippen LogP contribution in [-0.2, 0) is 6.18 Å². The first-order valence-electron chi connectivity index (χ1n) is 5.05. The first-order chi connectivity index (χ1) is 7.80. The molecule has 0 N–H and O–H groups in total. The molecule has 0 amide bonds. The largest absolute Gasteiger partial charge is 0.435 e. The van der Waals surface area contributed by atoms with Crippen LogP contribution >= 0.6 is 0 Å². The van der Waals surface area contributed by atoms with Gasteiger partial charge >= 0.3 is 6.18 Å². The Morgan fingerprint density at radius 2 is 1.88 bits per heavy atom. The molecule has 0 aromatic carbocycles. The Bertz CT molecular complexity index is 554. The molecule has 0 unspecified atom stereocenters. The van der Waals surface area contributed by atoms with E-state index < -0.39 is 23.6 Å². The molecule has 2 aromatic heterocycles. The Hall–Kier alpha value is -1.59. The molecule has 0 aliphatic carbocycles. The van der Waals surface area contributed by atoms with Gasteiger partial charge in [0, 0.05) is 6.20 Å². The fourth-order valence-electron chi connectivity index (χ4n) is 1.80. The Morgan fingerprint density at radius 1 is 1.24 bits per heavy atom. The number of pyridine rings is 1. The quantitative estimate of drug-likeness (QED) is 0.702. The number of imidazole rings is 1. The van der Waals surface area contributed by atoms with Gasteiger partial charge in [0.05, 0.1) is 5.69 Å². The van der Waals surface area contributed by atoms with Gasteiger partial charge in [-0.2, -0.15) is 13.2 Å². The molecule has 2 rings (SSSR count). The van der Waals surface area contributed by atoms with Gasteiger partial charge in [-0.05, 0) is 18.1 Å². The molecule has 0 radical (unpaired) electrons. The van der Waals surface area contributed by atoms with Crippen LogP contribution < -0.4 is 0 Å². The summed E-state index contributed by atoms with van der Waals surface area (Å²) in [6.45, 7) is 3.23. The summed E-state index contributed by atoms with van der Waals surface area (Å²) >= 11 is 0. The first-order valence-corrected chi connectivity index (χ1v) is 5.05. The van der Waals surface area contributed by atoms with E-state index in [0.29, 0.717) is 0 Å². The van der Waals surface area contributed by atoms with E-state index in [0.717, 1.165) is 16.7 Å². The average molecular weight is 246 g/mol. The molecule has 17 heavy (non-hydrogen) atoms. The van der Waals surface area contributed by atoms with E-state index in [1.165, 1.54) is 6.07 Å². The zero-order valence-corrected chi connectivity index (χ0v) is 9.22. The van der Waals surface area contributed by atoms with Gasteiger partial charge in [0.15, 0.2) is 5.69 Å². The van der Waals surface area contributed by atoms with E-state index in [1.54, 1.807) is 13.8 Å². The summed E-state index contributed by atoms with van der Waals surface area (Å²) in [6.07, 6.45) is -3.50. The standard InChI is InChI=1S/C11H10F4N2/c1-6(2)9-10(11(13,14)15)16-8-4-3-7(12)5-17(8)9/h3-6H,1-2H3. The van der Waals surface area contributed by atoms with Gasteiger partial charge in [0.2, 0.25) is 0 Å². The van der Waals surface area contributed by atoms with Crippen LogP contribution in [0.1, 0.15) is 31.2 Å². The normalized spacial score (nSPS) is 12.6. The van der Waals surface area contributed by atoms with E-state index in [-0.39, 0.29) is 11.3 Å². The van der Waals surface area contributed by atoms with E-state index in [4.69, 9.17) is 0 Å². The molecule has 0 bridgehead atoms. The fraction of sp³-hybridized carbons (Fsp3) is 0.364. The second-order valence-electron chi connectivity index (χ2n) is 4.07. The maximum absolute atomic E-state index is 13.1. The minimum atomic E-state index is -4.53. The second-order valence-corrected chi connectivity index (χ2v) is 4.07. The van der Waals surface area contributed by atoms with Crippen LogP contribution in [0.25, 0.3) is 5.65 Å². The number of halogens is 4. The molecule has 2 aromatic rings. The molecule has 0 atom stereocenters. The SMILES string of the molecule is CC(C)c1c(C(F)(F)F)nc2ccc(F)cn12. The lowest BCUT2D eigenvalue weighted by Gasteiger charge is -2.10. The number of nitrogens with zero attached hydrogens (tertiary/aromatic N) is 2. The summed E-state index contributed by atoms with van der Waals surface area (Å²) in [5.74, 6) is -0.992. The van der Waals surface area contributed by atoms with Crippen molar-refractivity contribution in [2.24, 2.45) is 0 Å². The topological polar surface area (TPSA) is 17.3 Å². The highest BCUT2D eigenvalue weighted by atomic mass is 19.4. The summed E-state index contributed by atoms with van der Waals surface area (Å²) in [6, 6.07) is 2.32. The average Bonchev–Trinajstić information content (AvgIpc) is 2.55. The van der Waals surface area contributed by atoms with Crippen molar-refractivity contribution in [3.8, 4) is 0 Å². The number of fused-ring (bicyclic) bond motifs is 1. The van der Waals surface area contributed by atoms with Crippen LogP contribution in [0.15, 0.2) is 18.3 Å². The van der Waals surface area contributed by atoms with Gasteiger partial charge in [-0.25, -0.2) is 9.37 Å². The number of hydrogen-bond donors (Lipinski definition) is 0. The Balaban J connectivity index is 2.81. The highest BCUT2D eigenvalue weighted by Gasteiger charge is 2.38. The van der Waals surface area contributed by atoms with Crippen LogP contribution in [-0.4, -0.2) is 9.38 Å². The number of hydrogen-bond acceptors (Lipinski definition) is 1. The van der Waals surface area contributed by atoms with Crippen molar-refractivity contribution < 1.29 is 17.6 Å². The second kappa shape index (κ2) is 3.72. The minimum Gasteiger partial charge on any atom is -0.300 e. The molecule has 2 nitrogen and oxygen atoms in total. The lowest BCUT2D eigenvalue weighted by Crippen LogP contribution is -2.11. The number of rotatable bonds is 1. The zero-order chi connectivity index (χ0) is 12.8. The minimum absolute atomic E-state index is 0.0213. The van der Waals surface area contributed by atoms with Gasteiger partial charge in [0.25, 0.3) is 0 Å². The molecular weight excluding hydrogens is 236 g/mol. The summed E-state index contributed by atoms with van der Waals surface area (Å²) in [7, 11) is 0. The Labute approximate surface area is 94.9 Å². The zero-order valence-electron chi connectivity index (χ0n) is 9.22. The van der Waals surface area contributed by atoms with Crippen molar-refractivity contribution in [1.29, 1.82) is 0 Å². The van der Waals surface area contributed by atoms with Crippen LogP contribution in [0, 0.1) is 5.82 Å². The molecule has 0 spiro atoms. The lowest BCUT2D eigenvalue weighted by atomic mass is 10.1. The van der Waals surface area contributed by atoms with Crippen molar-refractivity contribution in [2.45, 2.75) is 25.9 Å². The molecular formula is C11H10F4N2. The van der Waals surface area contributed by atoms with Crippen molar-refractivity contribution in [2.75, 3.05) is 0 Å². The van der Waals surface area contributed by atoms with Gasteiger partial charge < -0.3 is 4.40 Å². The maximum Gasteiger partial charge on any atom is 0.435 e. The van der Waals surface area contributed by atoms with E-state index >= 15 is 0 Å². The third-order valence-corrected chi connectivity index (χ3v) is 2.43. The predicted octanol–water partition coefficient (Wildman–Crippen LogP) is 3.62. The maximum atomic E-state index is 13.1. The Kier molecular flexibility index (Phi) is 2.60. The summed E-state index contributed by atoms with van der Waals surface area (Å²) in [5.41, 5.74) is -0.868. The van der Waals surface area contributed by atoms with Crippen molar-refractivity contribution >= 4 is 5.65 Å². The third-order valence-electron chi connectivity index (χ3n) is 2.43. The molecule has 0 saturated heterocycles. The van der Waals surface area contributed by atoms with Crippen molar-refractivity contribution in [1.82, 2.24) is 9.38 Å². The molecule has 0 aliphatic heterocycles. The molecule has 0 saturated carbocycles. The monoisotopic (exact) mass is 246 g/mol. The first kappa shape index (κ1) is 11.9. The molecule has 2 heterocycles. The highest BCUT2D eigenvalue weighted by molar-refractivity contribution is 5.45. The van der Waals surface area contributed by atoms with Crippen LogP contribution in [0.4, 0.5) is 17.6 Å². The van der Waals surface area contributed by atoms with Crippen molar-refractivity contribution in [3.63, 3.8) is 0 Å². The van der Waals surface area contributed by atoms with Crippen molar-refractivity contribution in [3.05, 3.63) is 35.5 Å². The number of aromatic nitrogens is 2. The van der Waals surface area contributed by atoms with Gasteiger partial charge in [0.1, 0.15) is 11.5 Å². The van der Waals surface area contributed by atoms with E-state index in [2.05, 4.69) is 4.98 Å². The molecule has 0 fully saturated rings. The van der Waals surface area contributed by atoms with Gasteiger partial charge in [-0.1, -0.05) is 13.8 Å². The van der Waals surface area contributed by atoms with Gasteiger partial charge in [-0.15, -0.1) is 0 Å². The third kappa shape index (κ3) is 1.99. The van der Waals surface area contributed by atoms with Crippen LogP contribution in [0.5, 0.6) is 0 Å². The Morgan fingerprint density at radius 3 is 2.41 bits per heavy atom. The smallest absolute Gasteiger partial charge is 0.300 e. The summed E-state index contributed by atoms with van der Waals surface area (Å²) in [5, 5.41) is 0. The molecule has 6 heteroatoms.